The lowest BCUT2D eigenvalue weighted by Crippen LogP contribution is -2.06. The molecule has 0 aliphatic carbocycles. The fraction of sp³-hybridized carbons (Fsp3) is 0.0556. The van der Waals surface area contributed by atoms with Gasteiger partial charge in [-0.05, 0) is 30.3 Å². The van der Waals surface area contributed by atoms with Crippen molar-refractivity contribution in [3.63, 3.8) is 0 Å². The van der Waals surface area contributed by atoms with Gasteiger partial charge in [-0.2, -0.15) is 5.10 Å². The first kappa shape index (κ1) is 14.3. The molecular formula is C18H14FN5. The van der Waals surface area contributed by atoms with E-state index in [1.807, 2.05) is 30.5 Å². The van der Waals surface area contributed by atoms with Crippen LogP contribution in [-0.4, -0.2) is 24.7 Å². The zero-order valence-electron chi connectivity index (χ0n) is 12.7. The van der Waals surface area contributed by atoms with Gasteiger partial charge in [-0.15, -0.1) is 0 Å². The van der Waals surface area contributed by atoms with Crippen LogP contribution < -0.4 is 0 Å². The van der Waals surface area contributed by atoms with E-state index in [9.17, 15) is 4.39 Å². The highest BCUT2D eigenvalue weighted by Gasteiger charge is 2.15. The van der Waals surface area contributed by atoms with E-state index in [1.54, 1.807) is 35.3 Å². The van der Waals surface area contributed by atoms with Gasteiger partial charge in [0.25, 0.3) is 0 Å². The number of aromatic amines is 1. The Labute approximate surface area is 137 Å². The van der Waals surface area contributed by atoms with E-state index in [1.165, 1.54) is 6.07 Å². The average Bonchev–Trinajstić information content (AvgIpc) is 3.27. The summed E-state index contributed by atoms with van der Waals surface area (Å²) in [5.41, 5.74) is 2.98. The topological polar surface area (TPSA) is 59.4 Å². The SMILES string of the molecule is Fc1ccccc1Cn1nc(-c2ncccn2)cc1-c1ccc[nH]1. The van der Waals surface area contributed by atoms with Crippen molar-refractivity contribution in [3.8, 4) is 22.9 Å². The van der Waals surface area contributed by atoms with Crippen LogP contribution in [0.4, 0.5) is 4.39 Å². The predicted molar refractivity (Wildman–Crippen MR) is 88.5 cm³/mol. The van der Waals surface area contributed by atoms with E-state index in [4.69, 9.17) is 0 Å². The highest BCUT2D eigenvalue weighted by atomic mass is 19.1. The number of halogens is 1. The first-order valence-electron chi connectivity index (χ1n) is 7.53. The molecule has 4 rings (SSSR count). The lowest BCUT2D eigenvalue weighted by Gasteiger charge is -2.07. The molecule has 3 heterocycles. The van der Waals surface area contributed by atoms with E-state index < -0.39 is 0 Å². The van der Waals surface area contributed by atoms with Crippen LogP contribution >= 0.6 is 0 Å². The molecule has 0 saturated heterocycles. The summed E-state index contributed by atoms with van der Waals surface area (Å²) in [7, 11) is 0. The maximum atomic E-state index is 14.0. The van der Waals surface area contributed by atoms with Gasteiger partial charge in [0.05, 0.1) is 17.9 Å². The van der Waals surface area contributed by atoms with Gasteiger partial charge >= 0.3 is 0 Å². The van der Waals surface area contributed by atoms with E-state index >= 15 is 0 Å². The molecule has 24 heavy (non-hydrogen) atoms. The number of hydrogen-bond acceptors (Lipinski definition) is 3. The third-order valence-electron chi connectivity index (χ3n) is 3.73. The van der Waals surface area contributed by atoms with Crippen molar-refractivity contribution in [1.82, 2.24) is 24.7 Å². The number of nitrogens with one attached hydrogen (secondary N) is 1. The summed E-state index contributed by atoms with van der Waals surface area (Å²) in [6.45, 7) is 0.327. The van der Waals surface area contributed by atoms with Crippen LogP contribution in [0.2, 0.25) is 0 Å². The number of H-pyrrole nitrogens is 1. The van der Waals surface area contributed by atoms with Crippen LogP contribution in [0.3, 0.4) is 0 Å². The molecule has 0 atom stereocenters. The molecule has 0 radical (unpaired) electrons. The Kier molecular flexibility index (Phi) is 3.63. The molecule has 0 spiro atoms. The lowest BCUT2D eigenvalue weighted by atomic mass is 10.2. The fourth-order valence-electron chi connectivity index (χ4n) is 2.57. The largest absolute Gasteiger partial charge is 0.360 e. The smallest absolute Gasteiger partial charge is 0.180 e. The molecular weight excluding hydrogens is 305 g/mol. The second-order valence-electron chi connectivity index (χ2n) is 5.32. The summed E-state index contributed by atoms with van der Waals surface area (Å²) in [6, 6.07) is 14.2. The number of rotatable bonds is 4. The molecule has 1 aromatic carbocycles. The highest BCUT2D eigenvalue weighted by molar-refractivity contribution is 5.63. The molecule has 5 nitrogen and oxygen atoms in total. The highest BCUT2D eigenvalue weighted by Crippen LogP contribution is 2.24. The Balaban J connectivity index is 1.80. The number of nitrogens with zero attached hydrogens (tertiary/aromatic N) is 4. The third-order valence-corrected chi connectivity index (χ3v) is 3.73. The monoisotopic (exact) mass is 319 g/mol. The van der Waals surface area contributed by atoms with Gasteiger partial charge in [0.15, 0.2) is 5.82 Å². The van der Waals surface area contributed by atoms with Gasteiger partial charge in [-0.3, -0.25) is 4.68 Å². The first-order valence-corrected chi connectivity index (χ1v) is 7.53. The summed E-state index contributed by atoms with van der Waals surface area (Å²) in [5.74, 6) is 0.292. The second-order valence-corrected chi connectivity index (χ2v) is 5.32. The van der Waals surface area contributed by atoms with E-state index in [-0.39, 0.29) is 5.82 Å². The lowest BCUT2D eigenvalue weighted by molar-refractivity contribution is 0.587. The zero-order valence-corrected chi connectivity index (χ0v) is 12.7. The van der Waals surface area contributed by atoms with Gasteiger partial charge in [-0.1, -0.05) is 18.2 Å². The Morgan fingerprint density at radius 1 is 1.00 bits per heavy atom. The molecule has 0 saturated carbocycles. The maximum Gasteiger partial charge on any atom is 0.180 e. The van der Waals surface area contributed by atoms with E-state index in [0.717, 1.165) is 11.4 Å². The van der Waals surface area contributed by atoms with Crippen LogP contribution in [0.5, 0.6) is 0 Å². The van der Waals surface area contributed by atoms with Crippen LogP contribution in [0, 0.1) is 5.82 Å². The Morgan fingerprint density at radius 2 is 1.83 bits per heavy atom. The zero-order chi connectivity index (χ0) is 16.4. The second kappa shape index (κ2) is 6.08. The molecule has 0 bridgehead atoms. The van der Waals surface area contributed by atoms with Crippen molar-refractivity contribution in [2.75, 3.05) is 0 Å². The van der Waals surface area contributed by atoms with Crippen LogP contribution in [0.25, 0.3) is 22.9 Å². The molecule has 4 aromatic rings. The Hall–Kier alpha value is -3.28. The average molecular weight is 319 g/mol. The van der Waals surface area contributed by atoms with Gasteiger partial charge in [0, 0.05) is 24.2 Å². The summed E-state index contributed by atoms with van der Waals surface area (Å²) in [5, 5.41) is 4.58. The van der Waals surface area contributed by atoms with Gasteiger partial charge < -0.3 is 4.98 Å². The minimum absolute atomic E-state index is 0.247. The fourth-order valence-corrected chi connectivity index (χ4v) is 2.57. The standard InChI is InChI=1S/C18H14FN5/c19-14-6-2-1-5-13(14)12-24-17(15-7-3-8-20-15)11-16(23-24)18-21-9-4-10-22-18/h1-11,20H,12H2. The van der Waals surface area contributed by atoms with Crippen molar-refractivity contribution in [2.24, 2.45) is 0 Å². The summed E-state index contributed by atoms with van der Waals surface area (Å²) in [6.07, 6.45) is 5.19. The van der Waals surface area contributed by atoms with Crippen molar-refractivity contribution in [1.29, 1.82) is 0 Å². The van der Waals surface area contributed by atoms with Gasteiger partial charge in [-0.25, -0.2) is 14.4 Å². The number of hydrogen-bond donors (Lipinski definition) is 1. The normalized spacial score (nSPS) is 10.9. The summed E-state index contributed by atoms with van der Waals surface area (Å²) in [4.78, 5) is 11.6. The van der Waals surface area contributed by atoms with Crippen LogP contribution in [-0.2, 0) is 6.54 Å². The van der Waals surface area contributed by atoms with Crippen molar-refractivity contribution in [3.05, 3.63) is 78.5 Å². The maximum absolute atomic E-state index is 14.0. The molecule has 0 fully saturated rings. The molecule has 0 amide bonds. The van der Waals surface area contributed by atoms with Crippen LogP contribution in [0.15, 0.2) is 67.1 Å². The molecule has 0 unspecified atom stereocenters. The Morgan fingerprint density at radius 3 is 2.58 bits per heavy atom. The minimum Gasteiger partial charge on any atom is -0.360 e. The molecule has 0 aliphatic heterocycles. The van der Waals surface area contributed by atoms with Crippen molar-refractivity contribution < 1.29 is 4.39 Å². The van der Waals surface area contributed by atoms with Gasteiger partial charge in [0.1, 0.15) is 11.5 Å². The summed E-state index contributed by atoms with van der Waals surface area (Å²) >= 11 is 0. The predicted octanol–water partition coefficient (Wildman–Crippen LogP) is 3.52. The summed E-state index contributed by atoms with van der Waals surface area (Å²) < 4.78 is 15.8. The van der Waals surface area contributed by atoms with E-state index in [0.29, 0.717) is 23.6 Å². The quantitative estimate of drug-likeness (QED) is 0.626. The molecule has 1 N–H and O–H groups in total. The molecule has 0 aliphatic rings. The number of aromatic nitrogens is 5. The first-order chi connectivity index (χ1) is 11.8. The van der Waals surface area contributed by atoms with E-state index in [2.05, 4.69) is 20.1 Å². The molecule has 3 aromatic heterocycles. The Bertz CT molecular complexity index is 945. The number of benzene rings is 1. The minimum atomic E-state index is -0.247. The van der Waals surface area contributed by atoms with Crippen molar-refractivity contribution in [2.45, 2.75) is 6.54 Å². The van der Waals surface area contributed by atoms with Gasteiger partial charge in [0.2, 0.25) is 0 Å². The third kappa shape index (κ3) is 2.69. The molecule has 118 valence electrons. The van der Waals surface area contributed by atoms with Crippen molar-refractivity contribution >= 4 is 0 Å². The van der Waals surface area contributed by atoms with Crippen LogP contribution in [0.1, 0.15) is 5.56 Å². The molecule has 6 heteroatoms.